The van der Waals surface area contributed by atoms with Crippen molar-refractivity contribution in [1.82, 2.24) is 0 Å². The van der Waals surface area contributed by atoms with E-state index >= 15 is 0 Å². The van der Waals surface area contributed by atoms with E-state index in [2.05, 4.69) is 16.7 Å². The predicted octanol–water partition coefficient (Wildman–Crippen LogP) is 5.65. The van der Waals surface area contributed by atoms with Crippen molar-refractivity contribution < 1.29 is 13.4 Å². The third kappa shape index (κ3) is 3.44. The van der Waals surface area contributed by atoms with Crippen LogP contribution in [-0.4, -0.2) is 0 Å². The molecular weight excluding hydrogens is 397 g/mol. The number of hydrogen-bond acceptors (Lipinski definition) is 3. The molecule has 2 aromatic heterocycles. The highest BCUT2D eigenvalue weighted by Crippen LogP contribution is 2.23. The summed E-state index contributed by atoms with van der Waals surface area (Å²) in [7, 11) is 0. The molecule has 0 saturated heterocycles. The quantitative estimate of drug-likeness (QED) is 0.356. The van der Waals surface area contributed by atoms with Crippen LogP contribution >= 0.6 is 11.3 Å². The summed E-state index contributed by atoms with van der Waals surface area (Å²) < 4.78 is 22.2. The molecule has 3 aromatic carbocycles. The molecule has 0 fully saturated rings. The third-order valence-electron chi connectivity index (χ3n) is 5.00. The Labute approximate surface area is 176 Å². The van der Waals surface area contributed by atoms with Gasteiger partial charge in [0.05, 0.1) is 10.9 Å². The second-order valence-corrected chi connectivity index (χ2v) is 8.03. The number of rotatable bonds is 4. The van der Waals surface area contributed by atoms with Crippen LogP contribution in [0.15, 0.2) is 88.3 Å². The topological polar surface area (TPSA) is 34.1 Å². The molecule has 146 valence electrons. The van der Waals surface area contributed by atoms with Crippen molar-refractivity contribution in [2.24, 2.45) is 0 Å². The zero-order valence-electron chi connectivity index (χ0n) is 15.9. The number of fused-ring (bicyclic) bond motifs is 2. The average molecular weight is 414 g/mol. The van der Waals surface area contributed by atoms with E-state index in [1.807, 2.05) is 30.3 Å². The fourth-order valence-corrected chi connectivity index (χ4v) is 4.55. The minimum atomic E-state index is -0.248. The number of nitrogens with zero attached hydrogens (tertiary/aromatic N) is 1. The third-order valence-corrected chi connectivity index (χ3v) is 6.13. The minimum absolute atomic E-state index is 0.0562. The molecule has 0 spiro atoms. The summed E-state index contributed by atoms with van der Waals surface area (Å²) in [5, 5.41) is 1.56. The van der Waals surface area contributed by atoms with Crippen LogP contribution in [0.5, 0.6) is 0 Å². The Morgan fingerprint density at radius 2 is 1.70 bits per heavy atom. The molecule has 0 atom stereocenters. The Bertz CT molecular complexity index is 1450. The van der Waals surface area contributed by atoms with Gasteiger partial charge in [0.15, 0.2) is 12.0 Å². The molecule has 2 heterocycles. The lowest BCUT2D eigenvalue weighted by Gasteiger charge is -1.99. The molecule has 30 heavy (non-hydrogen) atoms. The van der Waals surface area contributed by atoms with Crippen molar-refractivity contribution in [3.8, 4) is 0 Å². The Morgan fingerprint density at radius 3 is 2.57 bits per heavy atom. The first-order chi connectivity index (χ1) is 14.7. The summed E-state index contributed by atoms with van der Waals surface area (Å²) in [6.45, 7) is 0.607. The van der Waals surface area contributed by atoms with Crippen LogP contribution < -0.4 is 10.00 Å². The Hall–Kier alpha value is -3.57. The SMILES string of the molecule is O=c1c(C=Cc2sc3ccccc3[n+]2Cc2ccc(F)cc2)coc2ccccc12. The molecule has 5 aromatic rings. The molecule has 0 aliphatic heterocycles. The van der Waals surface area contributed by atoms with Gasteiger partial charge in [-0.15, -0.1) is 0 Å². The largest absolute Gasteiger partial charge is 0.463 e. The molecule has 0 aliphatic rings. The van der Waals surface area contributed by atoms with Crippen molar-refractivity contribution in [1.29, 1.82) is 0 Å². The number of thiazole rings is 1. The smallest absolute Gasteiger partial charge is 0.263 e. The van der Waals surface area contributed by atoms with E-state index in [1.165, 1.54) is 18.4 Å². The van der Waals surface area contributed by atoms with Crippen LogP contribution in [0.1, 0.15) is 16.1 Å². The summed E-state index contributed by atoms with van der Waals surface area (Å²) in [6, 6.07) is 21.9. The van der Waals surface area contributed by atoms with E-state index in [1.54, 1.807) is 41.7 Å². The van der Waals surface area contributed by atoms with Gasteiger partial charge in [-0.05, 0) is 48.5 Å². The standard InChI is InChI=1S/C25H17FNO2S/c26-19-12-9-17(10-13-19)15-27-21-6-2-4-8-23(21)30-24(27)14-11-18-16-29-22-7-3-1-5-20(22)25(18)28/h1-14,16H,15H2/q+1. The van der Waals surface area contributed by atoms with Gasteiger partial charge >= 0.3 is 0 Å². The van der Waals surface area contributed by atoms with Crippen molar-refractivity contribution in [2.45, 2.75) is 6.54 Å². The fraction of sp³-hybridized carbons (Fsp3) is 0.0400. The molecular formula is C25H17FNO2S+. The Balaban J connectivity index is 1.58. The Morgan fingerprint density at radius 1 is 0.933 bits per heavy atom. The van der Waals surface area contributed by atoms with Crippen molar-refractivity contribution in [3.63, 3.8) is 0 Å². The lowest BCUT2D eigenvalue weighted by molar-refractivity contribution is -0.659. The van der Waals surface area contributed by atoms with Crippen LogP contribution in [-0.2, 0) is 6.54 Å². The monoisotopic (exact) mass is 414 g/mol. The van der Waals surface area contributed by atoms with Gasteiger partial charge in [0.2, 0.25) is 5.52 Å². The lowest BCUT2D eigenvalue weighted by atomic mass is 10.1. The van der Waals surface area contributed by atoms with Gasteiger partial charge in [-0.1, -0.05) is 35.6 Å². The van der Waals surface area contributed by atoms with Crippen molar-refractivity contribution in [2.75, 3.05) is 0 Å². The van der Waals surface area contributed by atoms with E-state index in [-0.39, 0.29) is 11.2 Å². The van der Waals surface area contributed by atoms with Crippen LogP contribution in [0, 0.1) is 5.82 Å². The van der Waals surface area contributed by atoms with Gasteiger partial charge in [-0.2, -0.15) is 4.57 Å². The van der Waals surface area contributed by atoms with Crippen LogP contribution in [0.4, 0.5) is 4.39 Å². The first-order valence-electron chi connectivity index (χ1n) is 9.53. The van der Waals surface area contributed by atoms with E-state index in [0.717, 1.165) is 20.8 Å². The molecule has 0 saturated carbocycles. The number of halogens is 1. The summed E-state index contributed by atoms with van der Waals surface area (Å²) in [5.41, 5.74) is 3.12. The summed E-state index contributed by atoms with van der Waals surface area (Å²) in [6.07, 6.45) is 5.23. The van der Waals surface area contributed by atoms with Gasteiger partial charge in [-0.25, -0.2) is 4.39 Å². The molecule has 0 amide bonds. The van der Waals surface area contributed by atoms with Crippen LogP contribution in [0.2, 0.25) is 0 Å². The summed E-state index contributed by atoms with van der Waals surface area (Å²) in [5.74, 6) is -0.248. The van der Waals surface area contributed by atoms with E-state index in [0.29, 0.717) is 23.1 Å². The van der Waals surface area contributed by atoms with Gasteiger partial charge in [0, 0.05) is 17.7 Å². The Kier molecular flexibility index (Phi) is 4.73. The van der Waals surface area contributed by atoms with Gasteiger partial charge in [0.25, 0.3) is 5.01 Å². The molecule has 3 nitrogen and oxygen atoms in total. The average Bonchev–Trinajstić information content (AvgIpc) is 3.12. The molecule has 5 rings (SSSR count). The van der Waals surface area contributed by atoms with Crippen LogP contribution in [0.3, 0.4) is 0 Å². The molecule has 5 heteroatoms. The fourth-order valence-electron chi connectivity index (χ4n) is 3.48. The first kappa shape index (κ1) is 18.5. The zero-order valence-corrected chi connectivity index (χ0v) is 16.7. The van der Waals surface area contributed by atoms with Gasteiger partial charge < -0.3 is 4.42 Å². The van der Waals surface area contributed by atoms with Crippen molar-refractivity contribution in [3.05, 3.63) is 111 Å². The summed E-state index contributed by atoms with van der Waals surface area (Å²) in [4.78, 5) is 12.8. The molecule has 0 radical (unpaired) electrons. The minimum Gasteiger partial charge on any atom is -0.463 e. The second-order valence-electron chi connectivity index (χ2n) is 6.97. The predicted molar refractivity (Wildman–Crippen MR) is 119 cm³/mol. The van der Waals surface area contributed by atoms with Gasteiger partial charge in [-0.3, -0.25) is 4.79 Å². The lowest BCUT2D eigenvalue weighted by Crippen LogP contribution is -2.35. The first-order valence-corrected chi connectivity index (χ1v) is 10.4. The van der Waals surface area contributed by atoms with Crippen molar-refractivity contribution >= 4 is 44.7 Å². The second kappa shape index (κ2) is 7.69. The molecule has 0 bridgehead atoms. The van der Waals surface area contributed by atoms with E-state index in [9.17, 15) is 9.18 Å². The zero-order chi connectivity index (χ0) is 20.5. The summed E-state index contributed by atoms with van der Waals surface area (Å²) >= 11 is 1.64. The van der Waals surface area contributed by atoms with Gasteiger partial charge in [0.1, 0.15) is 22.4 Å². The highest BCUT2D eigenvalue weighted by Gasteiger charge is 2.19. The van der Waals surface area contributed by atoms with Crippen LogP contribution in [0.25, 0.3) is 33.3 Å². The van der Waals surface area contributed by atoms with E-state index < -0.39 is 0 Å². The molecule has 0 aliphatic carbocycles. The number of para-hydroxylation sites is 2. The maximum Gasteiger partial charge on any atom is 0.263 e. The highest BCUT2D eigenvalue weighted by atomic mass is 32.1. The number of hydrogen-bond donors (Lipinski definition) is 0. The number of benzene rings is 3. The molecule has 0 N–H and O–H groups in total. The maximum atomic E-state index is 13.3. The molecule has 0 unspecified atom stereocenters. The maximum absolute atomic E-state index is 13.3. The highest BCUT2D eigenvalue weighted by molar-refractivity contribution is 7.18. The van der Waals surface area contributed by atoms with E-state index in [4.69, 9.17) is 4.42 Å². The normalized spacial score (nSPS) is 11.6. The number of aromatic nitrogens is 1.